The summed E-state index contributed by atoms with van der Waals surface area (Å²) < 4.78 is 6.48. The van der Waals surface area contributed by atoms with Crippen molar-refractivity contribution in [3.8, 4) is 16.9 Å². The fourth-order valence-corrected chi connectivity index (χ4v) is 4.45. The van der Waals surface area contributed by atoms with Crippen molar-refractivity contribution in [2.75, 3.05) is 12.4 Å². The molecule has 1 unspecified atom stereocenters. The van der Waals surface area contributed by atoms with Gasteiger partial charge in [0.25, 0.3) is 5.56 Å². The number of carbonyl (C=O) groups excluding carboxylic acids is 1. The molecule has 0 fully saturated rings. The van der Waals surface area contributed by atoms with Crippen molar-refractivity contribution in [1.29, 1.82) is 0 Å². The molecular weight excluding hydrogens is 434 g/mol. The third-order valence-electron chi connectivity index (χ3n) is 5.10. The second-order valence-electron chi connectivity index (χ2n) is 7.17. The standard InChI is InChI=1S/C23H20ClN3O3S/c1-13-4-6-15(7-5-13)17-11-31-22-20(17)23(29)27(12-25-22)14(2)21(28)26-16-8-9-19(30-3)18(24)10-16/h4-12,14H,1-3H3,(H,26,28). The Balaban J connectivity index is 1.67. The lowest BCUT2D eigenvalue weighted by molar-refractivity contribution is -0.118. The molecule has 8 heteroatoms. The van der Waals surface area contributed by atoms with Crippen LogP contribution < -0.4 is 15.6 Å². The van der Waals surface area contributed by atoms with Gasteiger partial charge in [-0.3, -0.25) is 14.2 Å². The van der Waals surface area contributed by atoms with Crippen LogP contribution in [0.15, 0.2) is 59.0 Å². The summed E-state index contributed by atoms with van der Waals surface area (Å²) in [4.78, 5) is 31.2. The first-order chi connectivity index (χ1) is 14.9. The van der Waals surface area contributed by atoms with E-state index in [9.17, 15) is 9.59 Å². The molecular formula is C23H20ClN3O3S. The molecule has 1 amide bonds. The summed E-state index contributed by atoms with van der Waals surface area (Å²) in [5.41, 5.74) is 3.17. The largest absolute Gasteiger partial charge is 0.495 e. The zero-order valence-electron chi connectivity index (χ0n) is 17.2. The van der Waals surface area contributed by atoms with Crippen LogP contribution in [-0.4, -0.2) is 22.6 Å². The van der Waals surface area contributed by atoms with Crippen molar-refractivity contribution in [2.45, 2.75) is 19.9 Å². The predicted octanol–water partition coefficient (Wildman–Crippen LogP) is 5.30. The summed E-state index contributed by atoms with van der Waals surface area (Å²) >= 11 is 7.54. The van der Waals surface area contributed by atoms with Gasteiger partial charge >= 0.3 is 0 Å². The molecule has 0 bridgehead atoms. The summed E-state index contributed by atoms with van der Waals surface area (Å²) in [5.74, 6) is 0.163. The molecule has 31 heavy (non-hydrogen) atoms. The Hall–Kier alpha value is -3.16. The van der Waals surface area contributed by atoms with Gasteiger partial charge < -0.3 is 10.1 Å². The van der Waals surface area contributed by atoms with E-state index in [1.54, 1.807) is 25.1 Å². The molecule has 2 heterocycles. The number of anilines is 1. The molecule has 4 rings (SSSR count). The van der Waals surface area contributed by atoms with E-state index >= 15 is 0 Å². The predicted molar refractivity (Wildman–Crippen MR) is 125 cm³/mol. The molecule has 1 N–H and O–H groups in total. The molecule has 0 saturated heterocycles. The van der Waals surface area contributed by atoms with Gasteiger partial charge in [-0.05, 0) is 37.6 Å². The topological polar surface area (TPSA) is 73.2 Å². The van der Waals surface area contributed by atoms with Gasteiger partial charge in [0.15, 0.2) is 0 Å². The normalized spacial score (nSPS) is 12.0. The minimum absolute atomic E-state index is 0.253. The number of benzene rings is 2. The fraction of sp³-hybridized carbons (Fsp3) is 0.174. The fourth-order valence-electron chi connectivity index (χ4n) is 3.28. The van der Waals surface area contributed by atoms with Crippen LogP contribution in [0.5, 0.6) is 5.75 Å². The smallest absolute Gasteiger partial charge is 0.263 e. The van der Waals surface area contributed by atoms with E-state index in [2.05, 4.69) is 10.3 Å². The molecule has 0 spiro atoms. The van der Waals surface area contributed by atoms with Gasteiger partial charge in [-0.15, -0.1) is 11.3 Å². The maximum atomic E-state index is 13.3. The van der Waals surface area contributed by atoms with Crippen molar-refractivity contribution in [3.05, 3.63) is 75.1 Å². The molecule has 2 aromatic carbocycles. The number of nitrogens with one attached hydrogen (secondary N) is 1. The van der Waals surface area contributed by atoms with Crippen molar-refractivity contribution < 1.29 is 9.53 Å². The number of ether oxygens (including phenoxy) is 1. The third kappa shape index (κ3) is 4.06. The first-order valence-electron chi connectivity index (χ1n) is 9.59. The number of thiophene rings is 1. The number of hydrogen-bond donors (Lipinski definition) is 1. The highest BCUT2D eigenvalue weighted by atomic mass is 35.5. The lowest BCUT2D eigenvalue weighted by Gasteiger charge is -2.15. The summed E-state index contributed by atoms with van der Waals surface area (Å²) in [7, 11) is 1.52. The molecule has 0 aliphatic heterocycles. The number of carbonyl (C=O) groups is 1. The second-order valence-corrected chi connectivity index (χ2v) is 8.43. The lowest BCUT2D eigenvalue weighted by atomic mass is 10.0. The molecule has 0 saturated carbocycles. The van der Waals surface area contributed by atoms with Crippen LogP contribution in [0.25, 0.3) is 21.3 Å². The number of nitrogens with zero attached hydrogens (tertiary/aromatic N) is 2. The Bertz CT molecular complexity index is 1330. The molecule has 158 valence electrons. The lowest BCUT2D eigenvalue weighted by Crippen LogP contribution is -2.31. The van der Waals surface area contributed by atoms with Crippen LogP contribution in [0.4, 0.5) is 5.69 Å². The van der Waals surface area contributed by atoms with Crippen LogP contribution in [0.2, 0.25) is 5.02 Å². The third-order valence-corrected chi connectivity index (χ3v) is 6.28. The first kappa shape index (κ1) is 21.1. The van der Waals surface area contributed by atoms with Crippen molar-refractivity contribution in [1.82, 2.24) is 9.55 Å². The first-order valence-corrected chi connectivity index (χ1v) is 10.8. The number of hydrogen-bond acceptors (Lipinski definition) is 5. The van der Waals surface area contributed by atoms with E-state index in [0.29, 0.717) is 26.7 Å². The number of aromatic nitrogens is 2. The minimum Gasteiger partial charge on any atom is -0.495 e. The van der Waals surface area contributed by atoms with Crippen LogP contribution in [0.3, 0.4) is 0 Å². The molecule has 4 aromatic rings. The summed E-state index contributed by atoms with van der Waals surface area (Å²) in [5, 5.41) is 5.62. The van der Waals surface area contributed by atoms with Gasteiger partial charge in [-0.1, -0.05) is 41.4 Å². The number of halogens is 1. The van der Waals surface area contributed by atoms with Crippen molar-refractivity contribution in [3.63, 3.8) is 0 Å². The zero-order chi connectivity index (χ0) is 22.1. The van der Waals surface area contributed by atoms with Crippen LogP contribution in [-0.2, 0) is 4.79 Å². The molecule has 0 radical (unpaired) electrons. The minimum atomic E-state index is -0.768. The number of amides is 1. The van der Waals surface area contributed by atoms with Gasteiger partial charge in [0.05, 0.1) is 23.8 Å². The van der Waals surface area contributed by atoms with Gasteiger partial charge in [0.2, 0.25) is 5.91 Å². The number of aryl methyl sites for hydroxylation is 1. The number of rotatable bonds is 5. The van der Waals surface area contributed by atoms with Crippen molar-refractivity contribution >= 4 is 44.7 Å². The van der Waals surface area contributed by atoms with E-state index in [-0.39, 0.29) is 11.5 Å². The van der Waals surface area contributed by atoms with Gasteiger partial charge in [0.1, 0.15) is 16.6 Å². The summed E-state index contributed by atoms with van der Waals surface area (Å²) in [6.45, 7) is 3.67. The van der Waals surface area contributed by atoms with Gasteiger partial charge in [-0.25, -0.2) is 4.98 Å². The highest BCUT2D eigenvalue weighted by Crippen LogP contribution is 2.31. The molecule has 0 aliphatic rings. The molecule has 0 aliphatic carbocycles. The van der Waals surface area contributed by atoms with Crippen LogP contribution in [0, 0.1) is 6.92 Å². The monoisotopic (exact) mass is 453 g/mol. The Morgan fingerprint density at radius 1 is 1.23 bits per heavy atom. The van der Waals surface area contributed by atoms with Crippen LogP contribution >= 0.6 is 22.9 Å². The van der Waals surface area contributed by atoms with E-state index in [0.717, 1.165) is 16.7 Å². The number of fused-ring (bicyclic) bond motifs is 1. The second kappa shape index (κ2) is 8.53. The highest BCUT2D eigenvalue weighted by molar-refractivity contribution is 7.17. The Labute approximate surface area is 188 Å². The Morgan fingerprint density at radius 3 is 2.65 bits per heavy atom. The van der Waals surface area contributed by atoms with E-state index in [4.69, 9.17) is 16.3 Å². The van der Waals surface area contributed by atoms with E-state index < -0.39 is 6.04 Å². The zero-order valence-corrected chi connectivity index (χ0v) is 18.8. The van der Waals surface area contributed by atoms with Crippen molar-refractivity contribution in [2.24, 2.45) is 0 Å². The Morgan fingerprint density at radius 2 is 1.97 bits per heavy atom. The quantitative estimate of drug-likeness (QED) is 0.445. The van der Waals surface area contributed by atoms with Gasteiger partial charge in [-0.2, -0.15) is 0 Å². The SMILES string of the molecule is COc1ccc(NC(=O)C(C)n2cnc3scc(-c4ccc(C)cc4)c3c2=O)cc1Cl. The molecule has 6 nitrogen and oxygen atoms in total. The van der Waals surface area contributed by atoms with Crippen LogP contribution in [0.1, 0.15) is 18.5 Å². The number of methoxy groups -OCH3 is 1. The summed E-state index contributed by atoms with van der Waals surface area (Å²) in [6, 6.07) is 12.2. The molecule has 2 aromatic heterocycles. The maximum Gasteiger partial charge on any atom is 0.263 e. The summed E-state index contributed by atoms with van der Waals surface area (Å²) in [6.07, 6.45) is 1.42. The average molecular weight is 454 g/mol. The maximum absolute atomic E-state index is 13.3. The van der Waals surface area contributed by atoms with E-state index in [1.165, 1.54) is 29.3 Å². The molecule has 1 atom stereocenters. The Kier molecular flexibility index (Phi) is 5.80. The highest BCUT2D eigenvalue weighted by Gasteiger charge is 2.20. The van der Waals surface area contributed by atoms with Gasteiger partial charge in [0, 0.05) is 16.6 Å². The average Bonchev–Trinajstić information content (AvgIpc) is 3.19. The van der Waals surface area contributed by atoms with E-state index in [1.807, 2.05) is 36.6 Å².